The maximum absolute atomic E-state index is 11.8. The zero-order chi connectivity index (χ0) is 14.9. The second-order valence-corrected chi connectivity index (χ2v) is 6.09. The van der Waals surface area contributed by atoms with E-state index in [0.29, 0.717) is 6.42 Å². The highest BCUT2D eigenvalue weighted by molar-refractivity contribution is 9.12. The van der Waals surface area contributed by atoms with Crippen LogP contribution >= 0.6 is 15.9 Å². The average molecular weight is 341 g/mol. The van der Waals surface area contributed by atoms with Crippen LogP contribution in [0.2, 0.25) is 0 Å². The molecule has 0 bridgehead atoms. The Morgan fingerprint density at radius 1 is 1.30 bits per heavy atom. The van der Waals surface area contributed by atoms with Crippen LogP contribution in [0.4, 0.5) is 0 Å². The number of carbonyl (C=O) groups is 3. The van der Waals surface area contributed by atoms with E-state index in [9.17, 15) is 14.4 Å². The van der Waals surface area contributed by atoms with Crippen molar-refractivity contribution in [2.24, 2.45) is 5.92 Å². The van der Waals surface area contributed by atoms with Crippen molar-refractivity contribution in [3.8, 4) is 0 Å². The fraction of sp³-hybridized carbons (Fsp3) is 0.500. The van der Waals surface area contributed by atoms with E-state index in [1.807, 2.05) is 19.9 Å². The third kappa shape index (κ3) is 3.24. The maximum atomic E-state index is 11.8. The summed E-state index contributed by atoms with van der Waals surface area (Å²) in [6, 6.07) is -0.305. The molecule has 1 aliphatic heterocycles. The molecule has 2 rings (SSSR count). The summed E-state index contributed by atoms with van der Waals surface area (Å²) in [4.78, 5) is 35.0. The molecule has 1 saturated heterocycles. The molecule has 0 saturated carbocycles. The highest BCUT2D eigenvalue weighted by atomic mass is 79.9. The van der Waals surface area contributed by atoms with E-state index in [2.05, 4.69) is 21.4 Å². The van der Waals surface area contributed by atoms with Gasteiger partial charge in [-0.1, -0.05) is 28.9 Å². The molecular weight excluding hydrogens is 324 g/mol. The first-order valence-corrected chi connectivity index (χ1v) is 7.42. The first-order chi connectivity index (χ1) is 9.38. The number of hydrazine groups is 1. The van der Waals surface area contributed by atoms with Crippen molar-refractivity contribution in [2.75, 3.05) is 0 Å². The zero-order valence-corrected chi connectivity index (χ0v) is 13.1. The SMILES string of the molecule is CC1C=C(Br)C([C@H](C)NN2C(=O)CCC2=O)=CC(=O)C1. The van der Waals surface area contributed by atoms with Crippen LogP contribution in [0, 0.1) is 5.92 Å². The van der Waals surface area contributed by atoms with Crippen molar-refractivity contribution >= 4 is 33.5 Å². The van der Waals surface area contributed by atoms with Gasteiger partial charge in [0.15, 0.2) is 5.78 Å². The van der Waals surface area contributed by atoms with E-state index in [4.69, 9.17) is 0 Å². The Bertz CT molecular complexity index is 509. The molecule has 1 fully saturated rings. The molecule has 20 heavy (non-hydrogen) atoms. The van der Waals surface area contributed by atoms with Crippen LogP contribution in [0.5, 0.6) is 0 Å². The number of nitrogens with one attached hydrogen (secondary N) is 1. The summed E-state index contributed by atoms with van der Waals surface area (Å²) in [7, 11) is 0. The third-order valence-electron chi connectivity index (χ3n) is 3.39. The summed E-state index contributed by atoms with van der Waals surface area (Å²) < 4.78 is 0.829. The van der Waals surface area contributed by atoms with Crippen LogP contribution in [-0.4, -0.2) is 28.6 Å². The summed E-state index contributed by atoms with van der Waals surface area (Å²) in [5.41, 5.74) is 3.64. The van der Waals surface area contributed by atoms with E-state index in [0.717, 1.165) is 15.1 Å². The second-order valence-electron chi connectivity index (χ2n) is 5.24. The number of hydrogen-bond donors (Lipinski definition) is 1. The van der Waals surface area contributed by atoms with Gasteiger partial charge in [-0.05, 0) is 24.5 Å². The fourth-order valence-electron chi connectivity index (χ4n) is 2.34. The molecule has 1 unspecified atom stereocenters. The molecule has 0 aromatic carbocycles. The molecular formula is C14H17BrN2O3. The van der Waals surface area contributed by atoms with Crippen LogP contribution in [0.1, 0.15) is 33.1 Å². The summed E-state index contributed by atoms with van der Waals surface area (Å²) in [6.45, 7) is 3.80. The summed E-state index contributed by atoms with van der Waals surface area (Å²) >= 11 is 3.47. The van der Waals surface area contributed by atoms with E-state index in [1.165, 1.54) is 0 Å². The van der Waals surface area contributed by atoms with Crippen molar-refractivity contribution in [2.45, 2.75) is 39.2 Å². The predicted molar refractivity (Wildman–Crippen MR) is 77.6 cm³/mol. The van der Waals surface area contributed by atoms with E-state index >= 15 is 0 Å². The molecule has 0 aromatic heterocycles. The van der Waals surface area contributed by atoms with Gasteiger partial charge in [-0.25, -0.2) is 10.4 Å². The van der Waals surface area contributed by atoms with Gasteiger partial charge in [0.25, 0.3) is 0 Å². The molecule has 1 aliphatic carbocycles. The number of amides is 2. The highest BCUT2D eigenvalue weighted by Gasteiger charge is 2.31. The second kappa shape index (κ2) is 6.01. The lowest BCUT2D eigenvalue weighted by molar-refractivity contribution is -0.142. The molecule has 2 amide bonds. The minimum atomic E-state index is -0.305. The average Bonchev–Trinajstić information content (AvgIpc) is 2.59. The van der Waals surface area contributed by atoms with Crippen LogP contribution < -0.4 is 5.43 Å². The monoisotopic (exact) mass is 340 g/mol. The Morgan fingerprint density at radius 3 is 2.50 bits per heavy atom. The number of carbonyl (C=O) groups excluding carboxylic acids is 3. The van der Waals surface area contributed by atoms with Gasteiger partial charge in [-0.3, -0.25) is 14.4 Å². The van der Waals surface area contributed by atoms with Crippen molar-refractivity contribution in [3.63, 3.8) is 0 Å². The van der Waals surface area contributed by atoms with Gasteiger partial charge in [-0.2, -0.15) is 0 Å². The first kappa shape index (κ1) is 15.1. The maximum Gasteiger partial charge on any atom is 0.244 e. The van der Waals surface area contributed by atoms with Crippen molar-refractivity contribution in [1.29, 1.82) is 0 Å². The van der Waals surface area contributed by atoms with Crippen LogP contribution in [0.25, 0.3) is 0 Å². The molecule has 2 aliphatic rings. The van der Waals surface area contributed by atoms with Crippen LogP contribution in [-0.2, 0) is 14.4 Å². The van der Waals surface area contributed by atoms with E-state index in [-0.39, 0.29) is 42.4 Å². The fourth-order valence-corrected chi connectivity index (χ4v) is 3.25. The quantitative estimate of drug-likeness (QED) is 0.796. The van der Waals surface area contributed by atoms with Gasteiger partial charge in [0.1, 0.15) is 0 Å². The summed E-state index contributed by atoms with van der Waals surface area (Å²) in [5.74, 6) is -0.245. The van der Waals surface area contributed by atoms with Crippen LogP contribution in [0.15, 0.2) is 22.2 Å². The van der Waals surface area contributed by atoms with E-state index in [1.54, 1.807) is 6.08 Å². The Morgan fingerprint density at radius 2 is 1.90 bits per heavy atom. The minimum Gasteiger partial charge on any atom is -0.295 e. The number of halogens is 1. The Kier molecular flexibility index (Phi) is 4.55. The molecule has 108 valence electrons. The Labute approximate surface area is 126 Å². The molecule has 1 heterocycles. The number of hydrogen-bond acceptors (Lipinski definition) is 4. The predicted octanol–water partition coefficient (Wildman–Crippen LogP) is 1.84. The lowest BCUT2D eigenvalue weighted by atomic mass is 10.1. The van der Waals surface area contributed by atoms with Crippen LogP contribution in [0.3, 0.4) is 0 Å². The summed E-state index contributed by atoms with van der Waals surface area (Å²) in [6.07, 6.45) is 4.50. The largest absolute Gasteiger partial charge is 0.295 e. The normalized spacial score (nSPS) is 25.4. The highest BCUT2D eigenvalue weighted by Crippen LogP contribution is 2.27. The molecule has 0 aromatic rings. The van der Waals surface area contributed by atoms with Gasteiger partial charge < -0.3 is 0 Å². The number of allylic oxidation sites excluding steroid dienone is 2. The van der Waals surface area contributed by atoms with Crippen molar-refractivity contribution < 1.29 is 14.4 Å². The lowest BCUT2D eigenvalue weighted by Crippen LogP contribution is -2.47. The first-order valence-electron chi connectivity index (χ1n) is 6.62. The Hall–Kier alpha value is -1.27. The number of rotatable bonds is 3. The molecule has 1 N–H and O–H groups in total. The summed E-state index contributed by atoms with van der Waals surface area (Å²) in [5, 5.41) is 1.06. The van der Waals surface area contributed by atoms with Crippen molar-refractivity contribution in [1.82, 2.24) is 10.4 Å². The van der Waals surface area contributed by atoms with Gasteiger partial charge >= 0.3 is 0 Å². The lowest BCUT2D eigenvalue weighted by Gasteiger charge is -2.23. The number of nitrogens with zero attached hydrogens (tertiary/aromatic N) is 1. The number of imide groups is 1. The minimum absolute atomic E-state index is 0.0472. The standard InChI is InChI=1S/C14H17BrN2O3/c1-8-5-10(18)7-11(12(15)6-8)9(2)16-17-13(19)3-4-14(17)20/h6-9,16H,3-5H2,1-2H3/t8?,9-/m0/s1. The molecule has 6 heteroatoms. The Balaban J connectivity index is 2.17. The molecule has 0 radical (unpaired) electrons. The molecule has 2 atom stereocenters. The molecule has 5 nitrogen and oxygen atoms in total. The van der Waals surface area contributed by atoms with Gasteiger partial charge in [0.05, 0.1) is 6.04 Å². The number of ketones is 1. The van der Waals surface area contributed by atoms with Crippen molar-refractivity contribution in [3.05, 3.63) is 22.2 Å². The van der Waals surface area contributed by atoms with Gasteiger partial charge in [0.2, 0.25) is 11.8 Å². The smallest absolute Gasteiger partial charge is 0.244 e. The van der Waals surface area contributed by atoms with Gasteiger partial charge in [0, 0.05) is 23.7 Å². The zero-order valence-electron chi connectivity index (χ0n) is 11.5. The van der Waals surface area contributed by atoms with Gasteiger partial charge in [-0.15, -0.1) is 0 Å². The third-order valence-corrected chi connectivity index (χ3v) is 4.11. The molecule has 0 spiro atoms. The van der Waals surface area contributed by atoms with E-state index < -0.39 is 0 Å². The topological polar surface area (TPSA) is 66.5 Å².